The Labute approximate surface area is 209 Å². The van der Waals surface area contributed by atoms with Gasteiger partial charge in [-0.1, -0.05) is 50.8 Å². The molecule has 1 heterocycles. The van der Waals surface area contributed by atoms with Crippen LogP contribution in [0.15, 0.2) is 78.0 Å². The second-order valence-corrected chi connectivity index (χ2v) is 10.5. The predicted molar refractivity (Wildman–Crippen MR) is 141 cm³/mol. The molecule has 2 unspecified atom stereocenters. The van der Waals surface area contributed by atoms with E-state index in [0.29, 0.717) is 38.1 Å². The lowest BCUT2D eigenvalue weighted by molar-refractivity contribution is -0.116. The monoisotopic (exact) mass is 501 g/mol. The number of halogens is 1. The van der Waals surface area contributed by atoms with Crippen LogP contribution in [0.2, 0.25) is 0 Å². The fraction of sp³-hybridized carbons (Fsp3) is 0.407. The second-order valence-electron chi connectivity index (χ2n) is 8.59. The Bertz CT molecular complexity index is 1090. The van der Waals surface area contributed by atoms with Crippen LogP contribution in [0.3, 0.4) is 0 Å². The molecule has 35 heavy (non-hydrogen) atoms. The normalized spacial score (nSPS) is 23.7. The number of hydrogen-bond donors (Lipinski definition) is 1. The molecule has 1 aromatic carbocycles. The zero-order valence-corrected chi connectivity index (χ0v) is 21.6. The third-order valence-electron chi connectivity index (χ3n) is 5.93. The van der Waals surface area contributed by atoms with Crippen LogP contribution in [-0.2, 0) is 21.2 Å². The van der Waals surface area contributed by atoms with Crippen molar-refractivity contribution in [2.45, 2.75) is 45.6 Å². The van der Waals surface area contributed by atoms with Crippen molar-refractivity contribution in [3.05, 3.63) is 84.4 Å². The van der Waals surface area contributed by atoms with Crippen molar-refractivity contribution in [3.8, 4) is 0 Å². The SMILES string of the molecule is C=CC(=C/CCc1ccc(F)cc1)/C1=N\C=C/CCC(N(CC)S(C)(=O)=O)C(C)CNC(=O)\C=C\1. The number of allylic oxidation sites excluding steroid dienone is 5. The molecule has 0 aliphatic carbocycles. The highest BCUT2D eigenvalue weighted by Gasteiger charge is 2.29. The van der Waals surface area contributed by atoms with Crippen LogP contribution in [0.1, 0.15) is 38.7 Å². The number of aryl methyl sites for hydroxylation is 1. The summed E-state index contributed by atoms with van der Waals surface area (Å²) >= 11 is 0. The molecule has 0 saturated heterocycles. The summed E-state index contributed by atoms with van der Waals surface area (Å²) in [4.78, 5) is 17.0. The molecule has 0 spiro atoms. The van der Waals surface area contributed by atoms with E-state index in [1.54, 1.807) is 30.5 Å². The third kappa shape index (κ3) is 9.38. The number of rotatable bonds is 8. The Balaban J connectivity index is 2.23. The summed E-state index contributed by atoms with van der Waals surface area (Å²) in [7, 11) is -3.37. The van der Waals surface area contributed by atoms with Crippen molar-refractivity contribution in [2.24, 2.45) is 10.9 Å². The summed E-state index contributed by atoms with van der Waals surface area (Å²) in [5.41, 5.74) is 2.41. The molecule has 0 aromatic heterocycles. The van der Waals surface area contributed by atoms with Gasteiger partial charge in [-0.2, -0.15) is 4.31 Å². The maximum Gasteiger partial charge on any atom is 0.244 e. The van der Waals surface area contributed by atoms with Crippen molar-refractivity contribution in [3.63, 3.8) is 0 Å². The average molecular weight is 502 g/mol. The Hall–Kier alpha value is -2.84. The van der Waals surface area contributed by atoms with E-state index < -0.39 is 10.0 Å². The van der Waals surface area contributed by atoms with E-state index in [0.717, 1.165) is 17.6 Å². The molecule has 190 valence electrons. The first kappa shape index (κ1) is 28.4. The number of amides is 1. The van der Waals surface area contributed by atoms with Crippen LogP contribution in [0.4, 0.5) is 4.39 Å². The molecule has 0 bridgehead atoms. The van der Waals surface area contributed by atoms with E-state index in [1.807, 2.05) is 26.0 Å². The van der Waals surface area contributed by atoms with Gasteiger partial charge in [0.1, 0.15) is 5.82 Å². The zero-order chi connectivity index (χ0) is 25.8. The van der Waals surface area contributed by atoms with E-state index in [4.69, 9.17) is 0 Å². The van der Waals surface area contributed by atoms with Crippen LogP contribution in [0.25, 0.3) is 0 Å². The molecule has 2 atom stereocenters. The lowest BCUT2D eigenvalue weighted by Crippen LogP contribution is -2.46. The fourth-order valence-corrected chi connectivity index (χ4v) is 5.34. The summed E-state index contributed by atoms with van der Waals surface area (Å²) < 4.78 is 39.2. The highest BCUT2D eigenvalue weighted by Crippen LogP contribution is 2.20. The fourth-order valence-electron chi connectivity index (χ4n) is 4.06. The van der Waals surface area contributed by atoms with Gasteiger partial charge in [0.2, 0.25) is 15.9 Å². The number of carbonyl (C=O) groups is 1. The Morgan fingerprint density at radius 2 is 2.00 bits per heavy atom. The molecular formula is C27H36FN3O3S. The van der Waals surface area contributed by atoms with Gasteiger partial charge in [0.25, 0.3) is 0 Å². The summed E-state index contributed by atoms with van der Waals surface area (Å²) in [6, 6.07) is 6.18. The number of hydrogen-bond acceptors (Lipinski definition) is 4. The van der Waals surface area contributed by atoms with Gasteiger partial charge in [0.15, 0.2) is 0 Å². The van der Waals surface area contributed by atoms with Crippen molar-refractivity contribution >= 4 is 21.6 Å². The predicted octanol–water partition coefficient (Wildman–Crippen LogP) is 4.58. The smallest absolute Gasteiger partial charge is 0.244 e. The number of carbonyl (C=O) groups excluding carboxylic acids is 1. The highest BCUT2D eigenvalue weighted by molar-refractivity contribution is 7.88. The van der Waals surface area contributed by atoms with E-state index >= 15 is 0 Å². The molecule has 1 aliphatic rings. The maximum atomic E-state index is 13.1. The van der Waals surface area contributed by atoms with E-state index in [1.165, 1.54) is 28.8 Å². The molecule has 2 rings (SSSR count). The van der Waals surface area contributed by atoms with Gasteiger partial charge >= 0.3 is 0 Å². The summed E-state index contributed by atoms with van der Waals surface area (Å²) in [6.07, 6.45) is 14.3. The number of nitrogens with one attached hydrogen (secondary N) is 1. The van der Waals surface area contributed by atoms with Crippen molar-refractivity contribution in [2.75, 3.05) is 19.3 Å². The average Bonchev–Trinajstić information content (AvgIpc) is 2.82. The van der Waals surface area contributed by atoms with Crippen LogP contribution in [0, 0.1) is 11.7 Å². The summed E-state index contributed by atoms with van der Waals surface area (Å²) in [6.45, 7) is 8.40. The lowest BCUT2D eigenvalue weighted by Gasteiger charge is -2.33. The molecule has 1 aliphatic heterocycles. The first-order chi connectivity index (χ1) is 16.7. The molecule has 0 radical (unpaired) electrons. The van der Waals surface area contributed by atoms with Gasteiger partial charge in [-0.25, -0.2) is 12.8 Å². The lowest BCUT2D eigenvalue weighted by atomic mass is 9.97. The molecule has 8 heteroatoms. The Morgan fingerprint density at radius 1 is 1.29 bits per heavy atom. The minimum absolute atomic E-state index is 0.0633. The van der Waals surface area contributed by atoms with Crippen molar-refractivity contribution in [1.29, 1.82) is 0 Å². The van der Waals surface area contributed by atoms with E-state index in [2.05, 4.69) is 16.9 Å². The van der Waals surface area contributed by atoms with Gasteiger partial charge in [0, 0.05) is 31.4 Å². The molecule has 1 N–H and O–H groups in total. The van der Waals surface area contributed by atoms with Gasteiger partial charge in [0.05, 0.1) is 12.0 Å². The number of aliphatic imine (C=N–C) groups is 1. The number of benzene rings is 1. The zero-order valence-electron chi connectivity index (χ0n) is 20.8. The number of sulfonamides is 1. The molecule has 1 amide bonds. The van der Waals surface area contributed by atoms with Gasteiger partial charge in [-0.3, -0.25) is 9.79 Å². The van der Waals surface area contributed by atoms with Gasteiger partial charge in [-0.15, -0.1) is 0 Å². The largest absolute Gasteiger partial charge is 0.352 e. The first-order valence-electron chi connectivity index (χ1n) is 11.9. The van der Waals surface area contributed by atoms with Gasteiger partial charge in [-0.05, 0) is 60.9 Å². The van der Waals surface area contributed by atoms with Crippen molar-refractivity contribution in [1.82, 2.24) is 9.62 Å². The molecule has 0 saturated carbocycles. The summed E-state index contributed by atoms with van der Waals surface area (Å²) in [5.74, 6) is -0.598. The quantitative estimate of drug-likeness (QED) is 0.530. The number of nitrogens with zero attached hydrogens (tertiary/aromatic N) is 2. The topological polar surface area (TPSA) is 78.8 Å². The standard InChI is InChI=1S/C27H36FN3O3S/c1-5-23(11-9-10-22-13-15-24(28)16-14-22)25-17-18-27(32)30-20-21(3)26(12-7-8-19-29-25)31(6-2)35(4,33)34/h5,8,11,13-19,21,26H,1,6-7,9-10,12,20H2,2-4H3,(H,30,32)/b18-17+,19-8-,23-11-,29-25-. The van der Waals surface area contributed by atoms with Crippen molar-refractivity contribution < 1.29 is 17.6 Å². The van der Waals surface area contributed by atoms with Crippen LogP contribution in [0.5, 0.6) is 0 Å². The summed E-state index contributed by atoms with van der Waals surface area (Å²) in [5, 5.41) is 2.88. The second kappa shape index (κ2) is 13.9. The maximum absolute atomic E-state index is 13.1. The minimum Gasteiger partial charge on any atom is -0.352 e. The molecule has 0 fully saturated rings. The molecule has 6 nitrogen and oxygen atoms in total. The van der Waals surface area contributed by atoms with E-state index in [9.17, 15) is 17.6 Å². The Kier molecular flexibility index (Phi) is 11.3. The Morgan fingerprint density at radius 3 is 2.63 bits per heavy atom. The highest BCUT2D eigenvalue weighted by atomic mass is 32.2. The van der Waals surface area contributed by atoms with Crippen LogP contribution >= 0.6 is 0 Å². The van der Waals surface area contributed by atoms with Crippen LogP contribution in [-0.4, -0.2) is 49.7 Å². The molecule has 1 aromatic rings. The first-order valence-corrected chi connectivity index (χ1v) is 13.7. The minimum atomic E-state index is -3.37. The molecular weight excluding hydrogens is 465 g/mol. The van der Waals surface area contributed by atoms with Gasteiger partial charge < -0.3 is 5.32 Å². The third-order valence-corrected chi connectivity index (χ3v) is 7.31. The van der Waals surface area contributed by atoms with E-state index in [-0.39, 0.29) is 23.7 Å². The van der Waals surface area contributed by atoms with Crippen LogP contribution < -0.4 is 5.32 Å².